The molecule has 0 bridgehead atoms. The zero-order chi connectivity index (χ0) is 24.0. The molecule has 3 N–H and O–H groups in total. The number of primary amides is 1. The van der Waals surface area contributed by atoms with E-state index in [-0.39, 0.29) is 11.5 Å². The first-order valence-corrected chi connectivity index (χ1v) is 10.6. The first kappa shape index (κ1) is 24.4. The third-order valence-corrected chi connectivity index (χ3v) is 5.99. The van der Waals surface area contributed by atoms with Gasteiger partial charge in [-0.15, -0.1) is 0 Å². The zero-order valence-electron chi connectivity index (χ0n) is 18.4. The van der Waals surface area contributed by atoms with Gasteiger partial charge >= 0.3 is 0 Å². The second kappa shape index (κ2) is 10.5. The number of hydrogen-bond acceptors (Lipinski definition) is 7. The fourth-order valence-corrected chi connectivity index (χ4v) is 4.22. The summed E-state index contributed by atoms with van der Waals surface area (Å²) in [5.41, 5.74) is 8.82. The van der Waals surface area contributed by atoms with Crippen LogP contribution in [0.3, 0.4) is 0 Å². The molecule has 1 unspecified atom stereocenters. The van der Waals surface area contributed by atoms with Crippen molar-refractivity contribution in [2.45, 2.75) is 30.5 Å². The largest absolute Gasteiger partial charge is 0.368 e. The third-order valence-electron chi connectivity index (χ3n) is 4.73. The molecule has 0 aliphatic heterocycles. The highest BCUT2D eigenvalue weighted by atomic mass is 32.2. The van der Waals surface area contributed by atoms with Gasteiger partial charge in [0.25, 0.3) is 0 Å². The van der Waals surface area contributed by atoms with E-state index >= 15 is 0 Å². The first-order valence-electron chi connectivity index (χ1n) is 9.72. The lowest BCUT2D eigenvalue weighted by Crippen LogP contribution is -2.20. The van der Waals surface area contributed by atoms with Crippen LogP contribution >= 0.6 is 11.8 Å². The second-order valence-corrected chi connectivity index (χ2v) is 8.20. The number of nitrogens with two attached hydrogens (primary N) is 1. The van der Waals surface area contributed by atoms with Crippen LogP contribution in [0.2, 0.25) is 0 Å². The minimum Gasteiger partial charge on any atom is -0.368 e. The van der Waals surface area contributed by atoms with E-state index < -0.39 is 11.2 Å². The molecule has 1 aromatic carbocycles. The maximum absolute atomic E-state index is 12.4. The summed E-state index contributed by atoms with van der Waals surface area (Å²) in [7, 11) is 3.52. The Morgan fingerprint density at radius 1 is 1.31 bits per heavy atom. The first-order chi connectivity index (χ1) is 15.2. The molecule has 0 saturated heterocycles. The Balaban J connectivity index is 2.58. The van der Waals surface area contributed by atoms with Crippen LogP contribution in [0.5, 0.6) is 0 Å². The minimum absolute atomic E-state index is 0.262. The molecule has 164 valence electrons. The Hall–Kier alpha value is -3.82. The van der Waals surface area contributed by atoms with Gasteiger partial charge in [-0.3, -0.25) is 9.59 Å². The van der Waals surface area contributed by atoms with Crippen molar-refractivity contribution < 1.29 is 9.59 Å². The van der Waals surface area contributed by atoms with Crippen LogP contribution in [-0.4, -0.2) is 30.9 Å². The number of hydrogen-bond donors (Lipinski definition) is 2. The van der Waals surface area contributed by atoms with Gasteiger partial charge in [-0.2, -0.15) is 10.5 Å². The predicted molar refractivity (Wildman–Crippen MR) is 125 cm³/mol. The zero-order valence-corrected chi connectivity index (χ0v) is 19.2. The number of thioether (sulfide) groups is 1. The standard InChI is InChI=1S/C23H24N6O2S/c1-6-15-16(11-24)22(29(4)5)28-23(17(15)12-25)32-20(21(26)31)14-8-9-18(13(3)10-14)27-19(30)7-2/h7-10,20H,2,6H2,1,3-5H3,(H2,26,31)(H,27,30). The fourth-order valence-electron chi connectivity index (χ4n) is 3.17. The highest BCUT2D eigenvalue weighted by molar-refractivity contribution is 8.00. The number of pyridine rings is 1. The average Bonchev–Trinajstić information content (AvgIpc) is 2.76. The van der Waals surface area contributed by atoms with Crippen molar-refractivity contribution in [2.24, 2.45) is 5.73 Å². The van der Waals surface area contributed by atoms with Crippen LogP contribution in [0.4, 0.5) is 11.5 Å². The molecule has 9 heteroatoms. The maximum atomic E-state index is 12.4. The van der Waals surface area contributed by atoms with Gasteiger partial charge in [-0.1, -0.05) is 37.4 Å². The van der Waals surface area contributed by atoms with E-state index in [0.29, 0.717) is 39.6 Å². The van der Waals surface area contributed by atoms with Crippen LogP contribution in [0.1, 0.15) is 40.0 Å². The Morgan fingerprint density at radius 3 is 2.44 bits per heavy atom. The lowest BCUT2D eigenvalue weighted by atomic mass is 10.0. The molecule has 0 saturated carbocycles. The third kappa shape index (κ3) is 5.08. The number of aromatic nitrogens is 1. The number of nitrogens with zero attached hydrogens (tertiary/aromatic N) is 4. The lowest BCUT2D eigenvalue weighted by Gasteiger charge is -2.21. The van der Waals surface area contributed by atoms with Crippen molar-refractivity contribution in [3.05, 3.63) is 58.7 Å². The monoisotopic (exact) mass is 448 g/mol. The molecular weight excluding hydrogens is 424 g/mol. The molecule has 2 rings (SSSR count). The molecule has 0 aliphatic rings. The number of carbonyl (C=O) groups excluding carboxylic acids is 2. The van der Waals surface area contributed by atoms with Crippen molar-refractivity contribution >= 4 is 35.1 Å². The van der Waals surface area contributed by atoms with E-state index in [2.05, 4.69) is 29.0 Å². The summed E-state index contributed by atoms with van der Waals surface area (Å²) in [6, 6.07) is 9.41. The molecule has 0 fully saturated rings. The molecule has 0 aliphatic carbocycles. The minimum atomic E-state index is -0.829. The van der Waals surface area contributed by atoms with Gasteiger partial charge in [-0.25, -0.2) is 4.98 Å². The number of carbonyl (C=O) groups is 2. The number of amides is 2. The molecule has 2 amide bonds. The van der Waals surface area contributed by atoms with Crippen LogP contribution in [-0.2, 0) is 16.0 Å². The molecule has 1 aromatic heterocycles. The van der Waals surface area contributed by atoms with E-state index in [0.717, 1.165) is 17.3 Å². The number of nitriles is 2. The molecule has 0 radical (unpaired) electrons. The number of benzene rings is 1. The van der Waals surface area contributed by atoms with Crippen LogP contribution in [0, 0.1) is 29.6 Å². The number of rotatable bonds is 8. The topological polar surface area (TPSA) is 136 Å². The van der Waals surface area contributed by atoms with Crippen molar-refractivity contribution in [1.29, 1.82) is 10.5 Å². The van der Waals surface area contributed by atoms with Crippen molar-refractivity contribution in [2.75, 3.05) is 24.3 Å². The van der Waals surface area contributed by atoms with Crippen molar-refractivity contribution in [1.82, 2.24) is 4.98 Å². The summed E-state index contributed by atoms with van der Waals surface area (Å²) in [5, 5.41) is 21.6. The van der Waals surface area contributed by atoms with Crippen molar-refractivity contribution in [3.63, 3.8) is 0 Å². The SMILES string of the molecule is C=CC(=O)Nc1ccc(C(Sc2nc(N(C)C)c(C#N)c(CC)c2C#N)C(N)=O)cc1C. The normalized spacial score (nSPS) is 11.1. The van der Waals surface area contributed by atoms with E-state index in [4.69, 9.17) is 5.73 Å². The molecule has 32 heavy (non-hydrogen) atoms. The summed E-state index contributed by atoms with van der Waals surface area (Å²) >= 11 is 1.07. The molecule has 2 aromatic rings. The van der Waals surface area contributed by atoms with Gasteiger partial charge in [0, 0.05) is 19.8 Å². The van der Waals surface area contributed by atoms with Gasteiger partial charge in [0.05, 0.1) is 11.1 Å². The van der Waals surface area contributed by atoms with Gasteiger partial charge < -0.3 is 16.0 Å². The lowest BCUT2D eigenvalue weighted by molar-refractivity contribution is -0.117. The van der Waals surface area contributed by atoms with Crippen LogP contribution in [0.25, 0.3) is 0 Å². The van der Waals surface area contributed by atoms with Gasteiger partial charge in [0.1, 0.15) is 28.2 Å². The van der Waals surface area contributed by atoms with Gasteiger partial charge in [0.2, 0.25) is 11.8 Å². The molecule has 1 atom stereocenters. The van der Waals surface area contributed by atoms with Gasteiger partial charge in [-0.05, 0) is 42.2 Å². The van der Waals surface area contributed by atoms with Gasteiger partial charge in [0.15, 0.2) is 0 Å². The Labute approximate surface area is 191 Å². The Bertz CT molecular complexity index is 1160. The number of nitrogens with one attached hydrogen (secondary N) is 1. The smallest absolute Gasteiger partial charge is 0.247 e. The van der Waals surface area contributed by atoms with E-state index in [1.54, 1.807) is 44.1 Å². The second-order valence-electron chi connectivity index (χ2n) is 7.11. The summed E-state index contributed by atoms with van der Waals surface area (Å²) in [6.07, 6.45) is 1.63. The number of aryl methyl sites for hydroxylation is 1. The van der Waals surface area contributed by atoms with Crippen LogP contribution in [0.15, 0.2) is 35.9 Å². The molecule has 1 heterocycles. The molecular formula is C23H24N6O2S. The van der Waals surface area contributed by atoms with E-state index in [1.165, 1.54) is 6.08 Å². The summed E-state index contributed by atoms with van der Waals surface area (Å²) in [6.45, 7) is 7.08. The summed E-state index contributed by atoms with van der Waals surface area (Å²) in [5.74, 6) is -0.519. The highest BCUT2D eigenvalue weighted by Gasteiger charge is 2.26. The fraction of sp³-hybridized carbons (Fsp3) is 0.261. The van der Waals surface area contributed by atoms with Crippen molar-refractivity contribution in [3.8, 4) is 12.1 Å². The summed E-state index contributed by atoms with van der Waals surface area (Å²) in [4.78, 5) is 30.2. The summed E-state index contributed by atoms with van der Waals surface area (Å²) < 4.78 is 0. The Morgan fingerprint density at radius 2 is 1.97 bits per heavy atom. The van der Waals surface area contributed by atoms with E-state index in [1.807, 2.05) is 6.92 Å². The highest BCUT2D eigenvalue weighted by Crippen LogP contribution is 2.40. The average molecular weight is 449 g/mol. The van der Waals surface area contributed by atoms with Crippen LogP contribution < -0.4 is 16.0 Å². The molecule has 8 nitrogen and oxygen atoms in total. The quantitative estimate of drug-likeness (QED) is 0.467. The molecule has 0 spiro atoms. The maximum Gasteiger partial charge on any atom is 0.247 e. The predicted octanol–water partition coefficient (Wildman–Crippen LogP) is 3.20. The number of anilines is 2. The van der Waals surface area contributed by atoms with E-state index in [9.17, 15) is 20.1 Å². The Kier molecular flexibility index (Phi) is 8.00.